The summed E-state index contributed by atoms with van der Waals surface area (Å²) in [6, 6.07) is 9.08. The fraction of sp³-hybridized carbons (Fsp3) is 0.517. The zero-order chi connectivity index (χ0) is 25.9. The molecule has 2 saturated heterocycles. The highest BCUT2D eigenvalue weighted by molar-refractivity contribution is 6.27. The molecule has 4 amide bonds. The number of benzene rings is 2. The minimum atomic E-state index is -0.670. The summed E-state index contributed by atoms with van der Waals surface area (Å²) in [5, 5.41) is 4.29. The van der Waals surface area contributed by atoms with Crippen LogP contribution in [0, 0.1) is 0 Å². The number of hydrogen-bond donors (Lipinski definition) is 1. The van der Waals surface area contributed by atoms with E-state index < -0.39 is 11.9 Å². The topological polar surface area (TPSA) is 90.0 Å². The van der Waals surface area contributed by atoms with Crippen LogP contribution in [-0.4, -0.2) is 66.2 Å². The summed E-state index contributed by atoms with van der Waals surface area (Å²) >= 11 is 0. The van der Waals surface area contributed by atoms with Gasteiger partial charge in [-0.25, -0.2) is 0 Å². The van der Waals surface area contributed by atoms with Gasteiger partial charge in [-0.3, -0.25) is 29.4 Å². The summed E-state index contributed by atoms with van der Waals surface area (Å²) in [5.41, 5.74) is 2.50. The minimum absolute atomic E-state index is 0.181. The number of hydrogen-bond acceptors (Lipinski definition) is 5. The average Bonchev–Trinajstić information content (AvgIpc) is 3.18. The second-order valence-electron chi connectivity index (χ2n) is 10.6. The van der Waals surface area contributed by atoms with Crippen molar-refractivity contribution in [3.63, 3.8) is 0 Å². The molecule has 3 aliphatic rings. The van der Waals surface area contributed by atoms with Crippen molar-refractivity contribution in [3.8, 4) is 0 Å². The monoisotopic (exact) mass is 504 g/mol. The van der Waals surface area contributed by atoms with E-state index in [-0.39, 0.29) is 18.2 Å². The van der Waals surface area contributed by atoms with Crippen molar-refractivity contribution in [1.82, 2.24) is 15.1 Å². The first kappa shape index (κ1) is 25.4. The fourth-order valence-corrected chi connectivity index (χ4v) is 5.95. The third-order valence-corrected chi connectivity index (χ3v) is 7.92. The maximum Gasteiger partial charge on any atom is 0.259 e. The molecule has 5 rings (SSSR count). The Labute approximate surface area is 218 Å². The third kappa shape index (κ3) is 5.25. The van der Waals surface area contributed by atoms with E-state index in [4.69, 9.17) is 0 Å². The van der Waals surface area contributed by atoms with Gasteiger partial charge < -0.3 is 9.80 Å². The number of piperidine rings is 2. The van der Waals surface area contributed by atoms with Crippen molar-refractivity contribution < 1.29 is 19.2 Å². The third-order valence-electron chi connectivity index (χ3n) is 7.92. The van der Waals surface area contributed by atoms with E-state index in [1.807, 2.05) is 35.2 Å². The SMILES string of the molecule is CN(CCCCCC(=O)N1CCCCC1)Cc1ccc2c3c(cccc13)C(=O)N2C1CCC(=O)NC1=O. The molecule has 1 atom stereocenters. The van der Waals surface area contributed by atoms with Gasteiger partial charge in [-0.15, -0.1) is 0 Å². The number of imide groups is 1. The second-order valence-corrected chi connectivity index (χ2v) is 10.6. The highest BCUT2D eigenvalue weighted by Crippen LogP contribution is 2.41. The summed E-state index contributed by atoms with van der Waals surface area (Å²) < 4.78 is 0. The van der Waals surface area contributed by atoms with Crippen LogP contribution in [0.15, 0.2) is 30.3 Å². The maximum atomic E-state index is 13.3. The molecule has 0 saturated carbocycles. The Morgan fingerprint density at radius 2 is 1.84 bits per heavy atom. The Hall–Kier alpha value is -3.26. The number of likely N-dealkylation sites (tertiary alicyclic amines) is 1. The van der Waals surface area contributed by atoms with E-state index in [2.05, 4.69) is 17.3 Å². The van der Waals surface area contributed by atoms with Gasteiger partial charge in [0.15, 0.2) is 0 Å². The van der Waals surface area contributed by atoms with E-state index in [9.17, 15) is 19.2 Å². The molecule has 8 nitrogen and oxygen atoms in total. The Morgan fingerprint density at radius 1 is 1.03 bits per heavy atom. The lowest BCUT2D eigenvalue weighted by Gasteiger charge is -2.30. The van der Waals surface area contributed by atoms with Gasteiger partial charge in [0.2, 0.25) is 17.7 Å². The number of rotatable bonds is 9. The van der Waals surface area contributed by atoms with Crippen molar-refractivity contribution in [2.24, 2.45) is 0 Å². The number of unbranched alkanes of at least 4 members (excludes halogenated alkanes) is 2. The first-order valence-electron chi connectivity index (χ1n) is 13.6. The second kappa shape index (κ2) is 11.0. The van der Waals surface area contributed by atoms with Crippen molar-refractivity contribution in [3.05, 3.63) is 41.5 Å². The predicted octanol–water partition coefficient (Wildman–Crippen LogP) is 3.61. The van der Waals surface area contributed by atoms with Gasteiger partial charge in [-0.05, 0) is 75.2 Å². The Kier molecular flexibility index (Phi) is 7.55. The highest BCUT2D eigenvalue weighted by atomic mass is 16.2. The van der Waals surface area contributed by atoms with Gasteiger partial charge >= 0.3 is 0 Å². The molecule has 0 aromatic heterocycles. The van der Waals surface area contributed by atoms with Gasteiger partial charge in [-0.1, -0.05) is 24.6 Å². The molecule has 0 bridgehead atoms. The van der Waals surface area contributed by atoms with Crippen LogP contribution in [-0.2, 0) is 20.9 Å². The highest BCUT2D eigenvalue weighted by Gasteiger charge is 2.40. The van der Waals surface area contributed by atoms with E-state index >= 15 is 0 Å². The molecule has 3 heterocycles. The standard InChI is InChI=1S/C29H36N4O4/c1-31(16-5-2-4-11-26(35)32-17-6-3-7-18-32)19-20-12-13-23-27-21(20)9-8-10-22(27)29(37)33(23)24-14-15-25(34)30-28(24)36/h8-10,12-13,24H,2-7,11,14-19H2,1H3,(H,30,34,36). The summed E-state index contributed by atoms with van der Waals surface area (Å²) in [6.45, 7) is 3.53. The van der Waals surface area contributed by atoms with E-state index in [1.54, 1.807) is 4.90 Å². The van der Waals surface area contributed by atoms with Crippen LogP contribution >= 0.6 is 0 Å². The quantitative estimate of drug-likeness (QED) is 0.416. The van der Waals surface area contributed by atoms with Gasteiger partial charge in [0.25, 0.3) is 5.91 Å². The summed E-state index contributed by atoms with van der Waals surface area (Å²) in [7, 11) is 2.10. The first-order valence-corrected chi connectivity index (χ1v) is 13.6. The molecule has 1 unspecified atom stereocenters. The molecule has 0 aliphatic carbocycles. The largest absolute Gasteiger partial charge is 0.343 e. The molecule has 0 spiro atoms. The molecule has 2 aromatic carbocycles. The number of nitrogens with one attached hydrogen (secondary N) is 1. The van der Waals surface area contributed by atoms with E-state index in [1.165, 1.54) is 6.42 Å². The van der Waals surface area contributed by atoms with Crippen LogP contribution in [0.5, 0.6) is 0 Å². The first-order chi connectivity index (χ1) is 17.9. The molecule has 0 radical (unpaired) electrons. The summed E-state index contributed by atoms with van der Waals surface area (Å²) in [6.07, 6.45) is 7.72. The lowest BCUT2D eigenvalue weighted by Crippen LogP contribution is -2.53. The predicted molar refractivity (Wildman–Crippen MR) is 142 cm³/mol. The van der Waals surface area contributed by atoms with Gasteiger partial charge in [-0.2, -0.15) is 0 Å². The molecular formula is C29H36N4O4. The van der Waals surface area contributed by atoms with Crippen LogP contribution < -0.4 is 10.2 Å². The molecule has 1 N–H and O–H groups in total. The van der Waals surface area contributed by atoms with Crippen molar-refractivity contribution >= 4 is 40.1 Å². The zero-order valence-electron chi connectivity index (χ0n) is 21.6. The summed E-state index contributed by atoms with van der Waals surface area (Å²) in [5.74, 6) is -0.573. The Bertz CT molecular complexity index is 1220. The molecule has 196 valence electrons. The Morgan fingerprint density at radius 3 is 2.62 bits per heavy atom. The normalized spacial score (nSPS) is 19.7. The van der Waals surface area contributed by atoms with Crippen LogP contribution in [0.25, 0.3) is 10.8 Å². The zero-order valence-corrected chi connectivity index (χ0v) is 21.6. The average molecular weight is 505 g/mol. The van der Waals surface area contributed by atoms with Crippen molar-refractivity contribution in [1.29, 1.82) is 0 Å². The van der Waals surface area contributed by atoms with Gasteiger partial charge in [0, 0.05) is 43.4 Å². The smallest absolute Gasteiger partial charge is 0.259 e. The van der Waals surface area contributed by atoms with Gasteiger partial charge in [0.05, 0.1) is 5.69 Å². The number of nitrogens with zero attached hydrogens (tertiary/aromatic N) is 3. The molecule has 37 heavy (non-hydrogen) atoms. The lowest BCUT2D eigenvalue weighted by molar-refractivity contribution is -0.134. The number of carbonyl (C=O) groups excluding carboxylic acids is 4. The van der Waals surface area contributed by atoms with Crippen molar-refractivity contribution in [2.45, 2.75) is 70.4 Å². The van der Waals surface area contributed by atoms with Crippen LogP contribution in [0.3, 0.4) is 0 Å². The molecular weight excluding hydrogens is 468 g/mol. The van der Waals surface area contributed by atoms with E-state index in [0.29, 0.717) is 24.3 Å². The van der Waals surface area contributed by atoms with Crippen LogP contribution in [0.1, 0.15) is 73.7 Å². The molecule has 2 aromatic rings. The number of carbonyl (C=O) groups is 4. The maximum absolute atomic E-state index is 13.3. The molecule has 2 fully saturated rings. The van der Waals surface area contributed by atoms with Crippen molar-refractivity contribution in [2.75, 3.05) is 31.6 Å². The molecule has 3 aliphatic heterocycles. The van der Waals surface area contributed by atoms with E-state index in [0.717, 1.165) is 80.3 Å². The number of amides is 4. The summed E-state index contributed by atoms with van der Waals surface area (Å²) in [4.78, 5) is 55.7. The van der Waals surface area contributed by atoms with Gasteiger partial charge in [0.1, 0.15) is 6.04 Å². The molecule has 8 heteroatoms. The van der Waals surface area contributed by atoms with Crippen LogP contribution in [0.4, 0.5) is 5.69 Å². The lowest BCUT2D eigenvalue weighted by atomic mass is 9.99. The fourth-order valence-electron chi connectivity index (χ4n) is 5.95. The Balaban J connectivity index is 1.20. The minimum Gasteiger partial charge on any atom is -0.343 e. The number of anilines is 1. The van der Waals surface area contributed by atoms with Crippen LogP contribution in [0.2, 0.25) is 0 Å².